The minimum Gasteiger partial charge on any atom is -0.341 e. The maximum atomic E-state index is 13.0. The van der Waals surface area contributed by atoms with E-state index in [0.717, 1.165) is 43.0 Å². The van der Waals surface area contributed by atoms with Crippen LogP contribution in [0.3, 0.4) is 0 Å². The molecule has 3 rings (SSSR count). The number of likely N-dealkylation sites (tertiary alicyclic amines) is 1. The number of nitrogens with zero attached hydrogens (tertiary/aromatic N) is 4. The molecule has 1 saturated heterocycles. The predicted octanol–water partition coefficient (Wildman–Crippen LogP) is 0.666. The van der Waals surface area contributed by atoms with Gasteiger partial charge in [0, 0.05) is 38.7 Å². The van der Waals surface area contributed by atoms with Crippen LogP contribution in [0.25, 0.3) is 0 Å². The van der Waals surface area contributed by atoms with Crippen molar-refractivity contribution in [1.29, 1.82) is 0 Å². The van der Waals surface area contributed by atoms with E-state index in [-0.39, 0.29) is 17.5 Å². The van der Waals surface area contributed by atoms with Gasteiger partial charge >= 0.3 is 0 Å². The molecule has 0 radical (unpaired) electrons. The normalized spacial score (nSPS) is 21.4. The summed E-state index contributed by atoms with van der Waals surface area (Å²) in [7, 11) is 1.75. The van der Waals surface area contributed by atoms with E-state index in [1.807, 2.05) is 17.9 Å². The van der Waals surface area contributed by atoms with E-state index in [0.29, 0.717) is 25.9 Å². The molecular formula is C18H26N4O2. The molecule has 0 aliphatic carbocycles. The molecule has 0 bridgehead atoms. The van der Waals surface area contributed by atoms with Crippen molar-refractivity contribution in [1.82, 2.24) is 19.4 Å². The summed E-state index contributed by atoms with van der Waals surface area (Å²) in [6.45, 7) is 8.59. The number of aromatic nitrogens is 2. The fourth-order valence-corrected chi connectivity index (χ4v) is 3.79. The molecular weight excluding hydrogens is 304 g/mol. The molecule has 0 aromatic carbocycles. The van der Waals surface area contributed by atoms with E-state index in [2.05, 4.69) is 16.5 Å². The third kappa shape index (κ3) is 3.02. The summed E-state index contributed by atoms with van der Waals surface area (Å²) in [5, 5.41) is 0. The molecule has 130 valence electrons. The number of carbonyl (C=O) groups is 1. The lowest BCUT2D eigenvalue weighted by molar-refractivity contribution is -0.135. The van der Waals surface area contributed by atoms with Gasteiger partial charge in [-0.2, -0.15) is 0 Å². The predicted molar refractivity (Wildman–Crippen MR) is 93.0 cm³/mol. The minimum atomic E-state index is -0.0401. The lowest BCUT2D eigenvalue weighted by atomic mass is 10.1. The number of aryl methyl sites for hydroxylation is 1. The van der Waals surface area contributed by atoms with Gasteiger partial charge in [-0.1, -0.05) is 6.08 Å². The van der Waals surface area contributed by atoms with E-state index >= 15 is 0 Å². The summed E-state index contributed by atoms with van der Waals surface area (Å²) in [5.41, 5.74) is 1.66. The molecule has 0 N–H and O–H groups in total. The number of rotatable bonds is 3. The van der Waals surface area contributed by atoms with Gasteiger partial charge < -0.3 is 4.90 Å². The van der Waals surface area contributed by atoms with Crippen molar-refractivity contribution >= 4 is 5.91 Å². The highest BCUT2D eigenvalue weighted by Crippen LogP contribution is 2.21. The first-order valence-electron chi connectivity index (χ1n) is 8.72. The summed E-state index contributed by atoms with van der Waals surface area (Å²) < 4.78 is 1.60. The number of fused-ring (bicyclic) bond motifs is 1. The number of hydrogen-bond donors (Lipinski definition) is 0. The lowest BCUT2D eigenvalue weighted by Crippen LogP contribution is -2.46. The molecule has 1 aromatic rings. The Morgan fingerprint density at radius 2 is 2.08 bits per heavy atom. The van der Waals surface area contributed by atoms with E-state index in [9.17, 15) is 9.59 Å². The van der Waals surface area contributed by atoms with Crippen molar-refractivity contribution in [2.24, 2.45) is 7.05 Å². The van der Waals surface area contributed by atoms with Crippen LogP contribution in [0.5, 0.6) is 0 Å². The molecule has 24 heavy (non-hydrogen) atoms. The van der Waals surface area contributed by atoms with Crippen molar-refractivity contribution in [3.63, 3.8) is 0 Å². The largest absolute Gasteiger partial charge is 0.341 e. The molecule has 1 amide bonds. The van der Waals surface area contributed by atoms with Crippen LogP contribution in [-0.2, 0) is 24.7 Å². The Labute approximate surface area is 142 Å². The number of carbonyl (C=O) groups excluding carboxylic acids is 1. The summed E-state index contributed by atoms with van der Waals surface area (Å²) in [4.78, 5) is 34.1. The molecule has 2 aliphatic heterocycles. The summed E-state index contributed by atoms with van der Waals surface area (Å²) in [6.07, 6.45) is 5.08. The Morgan fingerprint density at radius 1 is 1.33 bits per heavy atom. The highest BCUT2D eigenvalue weighted by molar-refractivity contribution is 5.82. The van der Waals surface area contributed by atoms with Gasteiger partial charge in [-0.25, -0.2) is 4.98 Å². The van der Waals surface area contributed by atoms with Gasteiger partial charge in [0.25, 0.3) is 5.56 Å². The molecule has 6 heteroatoms. The van der Waals surface area contributed by atoms with Crippen molar-refractivity contribution in [2.45, 2.75) is 38.6 Å². The molecule has 1 aromatic heterocycles. The first-order chi connectivity index (χ1) is 11.5. The number of amides is 1. The Morgan fingerprint density at radius 3 is 2.83 bits per heavy atom. The Bertz CT molecular complexity index is 710. The van der Waals surface area contributed by atoms with E-state index in [4.69, 9.17) is 0 Å². The summed E-state index contributed by atoms with van der Waals surface area (Å²) in [6, 6.07) is -0.0401. The maximum Gasteiger partial charge on any atom is 0.256 e. The van der Waals surface area contributed by atoms with Gasteiger partial charge in [-0.15, -0.1) is 6.58 Å². The van der Waals surface area contributed by atoms with Crippen LogP contribution < -0.4 is 5.56 Å². The van der Waals surface area contributed by atoms with E-state index < -0.39 is 0 Å². The smallest absolute Gasteiger partial charge is 0.256 e. The van der Waals surface area contributed by atoms with Crippen molar-refractivity contribution in [2.75, 3.05) is 26.2 Å². The van der Waals surface area contributed by atoms with Crippen LogP contribution in [0.4, 0.5) is 0 Å². The highest BCUT2D eigenvalue weighted by atomic mass is 16.2. The Kier molecular flexibility index (Phi) is 4.85. The van der Waals surface area contributed by atoms with Crippen molar-refractivity contribution in [3.8, 4) is 0 Å². The third-order valence-corrected chi connectivity index (χ3v) is 5.27. The second kappa shape index (κ2) is 6.89. The fourth-order valence-electron chi connectivity index (χ4n) is 3.79. The van der Waals surface area contributed by atoms with Crippen LogP contribution in [-0.4, -0.2) is 57.5 Å². The van der Waals surface area contributed by atoms with Crippen LogP contribution in [0.2, 0.25) is 0 Å². The topological polar surface area (TPSA) is 58.4 Å². The third-order valence-electron chi connectivity index (χ3n) is 5.27. The maximum absolute atomic E-state index is 13.0. The summed E-state index contributed by atoms with van der Waals surface area (Å²) >= 11 is 0. The van der Waals surface area contributed by atoms with Gasteiger partial charge in [-0.05, 0) is 32.7 Å². The van der Waals surface area contributed by atoms with Crippen LogP contribution in [0.15, 0.2) is 17.4 Å². The first kappa shape index (κ1) is 16.9. The second-order valence-corrected chi connectivity index (χ2v) is 6.72. The standard InChI is InChI=1S/C18H26N4O2/c1-4-9-21-10-5-6-16(21)18(24)22-11-7-14-15(8-12-22)19-13(2)20(3)17(14)23/h4,16H,1,5-12H2,2-3H3/t16-/m1/s1. The molecule has 0 saturated carbocycles. The molecule has 1 atom stereocenters. The fraction of sp³-hybridized carbons (Fsp3) is 0.611. The van der Waals surface area contributed by atoms with E-state index in [1.54, 1.807) is 11.6 Å². The van der Waals surface area contributed by atoms with Gasteiger partial charge in [-0.3, -0.25) is 19.1 Å². The van der Waals surface area contributed by atoms with E-state index in [1.165, 1.54) is 0 Å². The van der Waals surface area contributed by atoms with Crippen LogP contribution >= 0.6 is 0 Å². The molecule has 0 unspecified atom stereocenters. The van der Waals surface area contributed by atoms with Crippen molar-refractivity contribution < 1.29 is 4.79 Å². The number of hydrogen-bond acceptors (Lipinski definition) is 4. The lowest BCUT2D eigenvalue weighted by Gasteiger charge is -2.28. The van der Waals surface area contributed by atoms with Crippen LogP contribution in [0, 0.1) is 6.92 Å². The molecule has 2 aliphatic rings. The van der Waals surface area contributed by atoms with Gasteiger partial charge in [0.05, 0.1) is 11.7 Å². The Hall–Kier alpha value is -1.95. The second-order valence-electron chi connectivity index (χ2n) is 6.72. The van der Waals surface area contributed by atoms with Crippen LogP contribution in [0.1, 0.15) is 29.9 Å². The zero-order valence-electron chi connectivity index (χ0n) is 14.6. The first-order valence-corrected chi connectivity index (χ1v) is 8.72. The zero-order chi connectivity index (χ0) is 17.3. The summed E-state index contributed by atoms with van der Waals surface area (Å²) in [5.74, 6) is 0.919. The average Bonchev–Trinajstić information content (AvgIpc) is 2.92. The molecule has 6 nitrogen and oxygen atoms in total. The van der Waals surface area contributed by atoms with Gasteiger partial charge in [0.2, 0.25) is 5.91 Å². The quantitative estimate of drug-likeness (QED) is 0.764. The monoisotopic (exact) mass is 330 g/mol. The minimum absolute atomic E-state index is 0.0287. The zero-order valence-corrected chi connectivity index (χ0v) is 14.6. The molecule has 0 spiro atoms. The highest BCUT2D eigenvalue weighted by Gasteiger charge is 2.33. The SMILES string of the molecule is C=CCN1CCC[C@@H]1C(=O)N1CCc2nc(C)n(C)c(=O)c2CC1. The van der Waals surface area contributed by atoms with Crippen molar-refractivity contribution in [3.05, 3.63) is 40.1 Å². The molecule has 1 fully saturated rings. The van der Waals surface area contributed by atoms with Gasteiger partial charge in [0.1, 0.15) is 5.82 Å². The van der Waals surface area contributed by atoms with Gasteiger partial charge in [0.15, 0.2) is 0 Å². The molecule has 3 heterocycles. The Balaban J connectivity index is 1.77. The average molecular weight is 330 g/mol.